The lowest BCUT2D eigenvalue weighted by Crippen LogP contribution is -2.62. The summed E-state index contributed by atoms with van der Waals surface area (Å²) in [6.45, 7) is -0.340. The summed E-state index contributed by atoms with van der Waals surface area (Å²) < 4.78 is 19.5. The Labute approximate surface area is 855 Å². The number of aryl methyl sites for hydroxylation is 2. The Morgan fingerprint density at radius 2 is 1.07 bits per heavy atom. The average Bonchev–Trinajstić information content (AvgIpc) is 1.66. The van der Waals surface area contributed by atoms with Crippen molar-refractivity contribution in [3.8, 4) is 0 Å². The van der Waals surface area contributed by atoms with Crippen LogP contribution < -0.4 is 130 Å². The number of carbonyl (C=O) groups excluding carboxylic acids is 19. The van der Waals surface area contributed by atoms with Crippen molar-refractivity contribution in [2.24, 2.45) is 28.7 Å². The van der Waals surface area contributed by atoms with Crippen molar-refractivity contribution < 1.29 is 116 Å². The molecule has 148 heavy (non-hydrogen) atoms. The first-order valence-electron chi connectivity index (χ1n) is 49.5. The molecule has 3 aromatic heterocycles. The van der Waals surface area contributed by atoms with Crippen molar-refractivity contribution in [3.05, 3.63) is 42.0 Å². The maximum Gasteiger partial charge on any atom is 0.315 e. The average molecular weight is 2110 g/mol. The number of urea groups is 1. The van der Waals surface area contributed by atoms with Gasteiger partial charge in [-0.25, -0.2) is 9.78 Å². The van der Waals surface area contributed by atoms with Crippen LogP contribution in [0.1, 0.15) is 166 Å². The van der Waals surface area contributed by atoms with Gasteiger partial charge in [0.15, 0.2) is 11.9 Å². The fourth-order valence-electron chi connectivity index (χ4n) is 16.6. The molecule has 0 saturated carbocycles. The number of guanidine groups is 2. The lowest BCUT2D eigenvalue weighted by molar-refractivity contribution is -0.140. The number of fused-ring (bicyclic) bond motifs is 6. The van der Waals surface area contributed by atoms with Crippen LogP contribution in [0, 0.1) is 10.8 Å². The van der Waals surface area contributed by atoms with Crippen LogP contribution in [0.15, 0.2) is 24.9 Å². The van der Waals surface area contributed by atoms with Gasteiger partial charge >= 0.3 is 6.03 Å². The zero-order chi connectivity index (χ0) is 108. The molecular formula is C88H143N35O24S. The number of aromatic amines is 1. The van der Waals surface area contributed by atoms with E-state index in [2.05, 4.69) is 132 Å². The summed E-state index contributed by atoms with van der Waals surface area (Å²) in [6, 6.07) is -20.6. The number of imidazole rings is 1. The number of unbranched alkanes of at least 4 members (excludes halogenated alkanes) is 2. The molecule has 60 heteroatoms. The number of hydrogen-bond acceptors (Lipinski definition) is 33. The summed E-state index contributed by atoms with van der Waals surface area (Å²) in [6.07, 6.45) is 5.12. The fraction of sp³-hybridized carbons (Fsp3) is 0.682. The van der Waals surface area contributed by atoms with Crippen molar-refractivity contribution in [3.63, 3.8) is 0 Å². The highest BCUT2D eigenvalue weighted by atomic mass is 32.2. The molecule has 20 amide bonds. The molecule has 0 radical (unpaired) electrons. The number of amides is 20. The van der Waals surface area contributed by atoms with Crippen molar-refractivity contribution in [1.29, 1.82) is 10.8 Å². The first kappa shape index (κ1) is 119. The smallest absolute Gasteiger partial charge is 0.315 e. The summed E-state index contributed by atoms with van der Waals surface area (Å²) in [7, 11) is 0. The highest BCUT2D eigenvalue weighted by molar-refractivity contribution is 8.00. The molecule has 3 aromatic rings. The zero-order valence-corrected chi connectivity index (χ0v) is 83.7. The molecular weight excluding hydrogens is 1960 g/mol. The zero-order valence-electron chi connectivity index (χ0n) is 82.9. The van der Waals surface area contributed by atoms with Crippen LogP contribution in [0.4, 0.5) is 4.79 Å². The van der Waals surface area contributed by atoms with Gasteiger partial charge in [-0.05, 0) is 136 Å². The molecule has 0 aromatic carbocycles. The SMILES string of the molecule is CC(O)[C@@H]1NC(=O)[C@H](C)NC(=O)[C@H](CCCNC(=N)N)NC(=O)[C@H](CCCNC(=N)N)NC(=O)[C@@H](NC(=O)COCCOCCOCCNC(=O)CCCC[C@H]2SC[C@H]3NC(=O)N[C@H]32)Cc2cn(nn2)CCCC[C@@H](C(=O)NCC(=O)N[C@H]2Cc3cn(nn3)CCCC[C@@H](C(N)=O)NC(=O)[C@@H]3CCCN3C(=O)CNC(=O)[C@H](Cc3c[nH]cn3)NC(=O)[C@H](CCCCN)NC(=O)[C@H](CCC(N)=O)NC2=O)NC(=O)[C@H](CO)NC1=O. The number of nitrogens with one attached hydrogen (secondary N) is 22. The van der Waals surface area contributed by atoms with E-state index in [9.17, 15) is 96.5 Å². The minimum absolute atomic E-state index is 0.00714. The molecule has 5 aliphatic rings. The predicted molar refractivity (Wildman–Crippen MR) is 524 cm³/mol. The van der Waals surface area contributed by atoms with Crippen molar-refractivity contribution >= 4 is 136 Å². The van der Waals surface area contributed by atoms with Crippen LogP contribution in [0.25, 0.3) is 0 Å². The molecule has 0 aliphatic carbocycles. The van der Waals surface area contributed by atoms with E-state index in [-0.39, 0.29) is 210 Å². The van der Waals surface area contributed by atoms with Crippen molar-refractivity contribution in [1.82, 2.24) is 146 Å². The molecule has 59 nitrogen and oxygen atoms in total. The summed E-state index contributed by atoms with van der Waals surface area (Å²) in [4.78, 5) is 274. The van der Waals surface area contributed by atoms with Gasteiger partial charge in [-0.1, -0.05) is 16.8 Å². The normalized spacial score (nSPS) is 24.7. The second-order valence-electron chi connectivity index (χ2n) is 36.3. The van der Waals surface area contributed by atoms with Crippen LogP contribution in [0.5, 0.6) is 0 Å². The second-order valence-corrected chi connectivity index (χ2v) is 37.6. The fourth-order valence-corrected chi connectivity index (χ4v) is 18.1. The molecule has 0 spiro atoms. The number of nitrogens with two attached hydrogens (primary N) is 5. The van der Waals surface area contributed by atoms with Crippen LogP contribution in [0.2, 0.25) is 0 Å². The lowest BCUT2D eigenvalue weighted by atomic mass is 10.0. The molecule has 17 atom stereocenters. The van der Waals surface area contributed by atoms with E-state index in [4.69, 9.17) is 53.7 Å². The van der Waals surface area contributed by atoms with E-state index in [0.717, 1.165) is 25.5 Å². The molecule has 1 unspecified atom stereocenters. The maximum atomic E-state index is 15.0. The number of aliphatic hydroxyl groups excluding tert-OH is 2. The Hall–Kier alpha value is -14.1. The van der Waals surface area contributed by atoms with Gasteiger partial charge in [0.25, 0.3) is 0 Å². The van der Waals surface area contributed by atoms with Crippen molar-refractivity contribution in [2.45, 2.75) is 283 Å². The van der Waals surface area contributed by atoms with Gasteiger partial charge in [0.2, 0.25) is 106 Å². The Kier molecular flexibility index (Phi) is 50.5. The van der Waals surface area contributed by atoms with Crippen LogP contribution in [0.3, 0.4) is 0 Å². The van der Waals surface area contributed by atoms with Crippen LogP contribution in [-0.2, 0) is 133 Å². The van der Waals surface area contributed by atoms with Gasteiger partial charge in [-0.3, -0.25) is 106 Å². The number of H-pyrrole nitrogens is 1. The number of thioether (sulfide) groups is 1. The topological polar surface area (TPSA) is 892 Å². The number of rotatable bonds is 41. The number of nitrogens with zero attached hydrogens (tertiary/aromatic N) is 8. The Morgan fingerprint density at radius 3 is 1.66 bits per heavy atom. The molecule has 4 bridgehead atoms. The number of aliphatic hydroxyl groups is 2. The van der Waals surface area contributed by atoms with E-state index in [1.807, 2.05) is 11.8 Å². The standard InChI is InChI=1S/C88H143N35O24S/c1-48-74(132)115-71(49(2)125)85(143)113-62(44-124)83(141)107-54(75(133)100-40-68(128)104-60-37-51-42-121(119-117-51)28-9-6-14-53(73(91)131)106-84(142)64-19-13-30-123(64)70(130)41-101-76(134)59(36-50-39-96-47-102-50)112-79(137)55(15-5-8-24-89)108-80(138)58(111-81(60)139)22-23-66(90)126)16-7-10-29-122-43-52(118-120-122)38-61(82(140)110-57(18-12-26-99-87(94)95)78(136)109-56(77(135)103-48)17-11-25-98-86(92)93)105-69(129)45-147-35-34-146-33-32-145-31-27-97-67(127)21-4-3-20-65-72-63(46-148-65)114-88(144)116-72/h39,42-43,47-49,53-65,71-72,124-125H,3-38,40-41,44-46,89H2,1-2H3,(H2,90,126)(H2,91,131)(H,96,102)(H,97,127)(H,100,133)(H,101,134)(H,103,135)(H,104,128)(H,105,129)(H,106,142)(H,107,141)(H,108,138)(H,109,136)(H,110,140)(H,111,139)(H,112,137)(H,113,143)(H,115,132)(H4,92,93,98)(H4,94,95,99)(H2,114,116,144)/t48-,49?,53-,54-,55-,56-,57-,58-,59-,60-,61-,62-,63+,64-,65+,71-,72+/m0/s1. The summed E-state index contributed by atoms with van der Waals surface area (Å²) >= 11 is 1.81. The maximum absolute atomic E-state index is 15.0. The molecule has 820 valence electrons. The summed E-state index contributed by atoms with van der Waals surface area (Å²) in [5, 5.41) is 103. The second kappa shape index (κ2) is 62.8. The third-order valence-corrected chi connectivity index (χ3v) is 26.1. The van der Waals surface area contributed by atoms with Crippen LogP contribution >= 0.6 is 11.8 Å². The van der Waals surface area contributed by atoms with Gasteiger partial charge in [-0.2, -0.15) is 11.8 Å². The Balaban J connectivity index is 1.01. The highest BCUT2D eigenvalue weighted by Crippen LogP contribution is 2.33. The van der Waals surface area contributed by atoms with E-state index in [1.54, 1.807) is 0 Å². The van der Waals surface area contributed by atoms with Crippen molar-refractivity contribution in [2.75, 3.05) is 97.8 Å². The predicted octanol–water partition coefficient (Wildman–Crippen LogP) is -12.3. The van der Waals surface area contributed by atoms with E-state index in [1.165, 1.54) is 46.1 Å². The summed E-state index contributed by atoms with van der Waals surface area (Å²) in [5.74, 6) is -17.1. The molecule has 8 rings (SSSR count). The van der Waals surface area contributed by atoms with E-state index < -0.39 is 249 Å². The quantitative estimate of drug-likeness (QED) is 0.0109. The van der Waals surface area contributed by atoms with E-state index >= 15 is 4.79 Å². The monoisotopic (exact) mass is 2110 g/mol. The number of hydrogen-bond donors (Lipinski definition) is 29. The number of aromatic nitrogens is 8. The van der Waals surface area contributed by atoms with Gasteiger partial charge in [0.1, 0.15) is 85.2 Å². The van der Waals surface area contributed by atoms with Gasteiger partial charge in [0.05, 0.1) is 94.3 Å². The van der Waals surface area contributed by atoms with E-state index in [0.29, 0.717) is 30.9 Å². The Morgan fingerprint density at radius 1 is 0.527 bits per heavy atom. The van der Waals surface area contributed by atoms with Gasteiger partial charge in [-0.15, -0.1) is 10.2 Å². The van der Waals surface area contributed by atoms with Gasteiger partial charge < -0.3 is 164 Å². The lowest BCUT2D eigenvalue weighted by Gasteiger charge is -2.27. The van der Waals surface area contributed by atoms with Crippen LogP contribution in [-0.4, -0.2) is 379 Å². The minimum atomic E-state index is -1.98. The first-order valence-corrected chi connectivity index (χ1v) is 50.5. The number of ether oxygens (including phenoxy) is 3. The third kappa shape index (κ3) is 41.6. The molecule has 3 saturated heterocycles. The molecule has 3 fully saturated rings. The van der Waals surface area contributed by atoms with Gasteiger partial charge in [0, 0.05) is 101 Å². The molecule has 5 aliphatic heterocycles. The molecule has 8 heterocycles. The first-order chi connectivity index (χ1) is 70.8. The third-order valence-electron chi connectivity index (χ3n) is 24.6. The highest BCUT2D eigenvalue weighted by Gasteiger charge is 2.44. The largest absolute Gasteiger partial charge is 0.394 e. The minimum Gasteiger partial charge on any atom is -0.394 e. The number of primary amides is 2. The number of carbonyl (C=O) groups is 19. The molecule has 34 N–H and O–H groups in total. The Bertz CT molecular complexity index is 4980. The summed E-state index contributed by atoms with van der Waals surface area (Å²) in [5.41, 5.74) is 28.7.